The highest BCUT2D eigenvalue weighted by molar-refractivity contribution is 6.04. The molecule has 34 heavy (non-hydrogen) atoms. The van der Waals surface area contributed by atoms with Crippen LogP contribution < -0.4 is 10.6 Å². The second kappa shape index (κ2) is 8.34. The molecular weight excluding hydrogens is 434 g/mol. The van der Waals surface area contributed by atoms with Crippen molar-refractivity contribution >= 4 is 23.4 Å². The Morgan fingerprint density at radius 3 is 2.53 bits per heavy atom. The number of fused-ring (bicyclic) bond motifs is 1. The number of benzene rings is 1. The van der Waals surface area contributed by atoms with Crippen LogP contribution in [0, 0.1) is 37.5 Å². The van der Waals surface area contributed by atoms with E-state index in [2.05, 4.69) is 10.6 Å². The Kier molecular flexibility index (Phi) is 6.05. The van der Waals surface area contributed by atoms with Crippen molar-refractivity contribution in [2.45, 2.75) is 71.2 Å². The fourth-order valence-electron chi connectivity index (χ4n) is 6.58. The number of carbonyl (C=O) groups is 3. The molecular formula is C26H37N3O5. The van der Waals surface area contributed by atoms with Crippen molar-refractivity contribution in [2.75, 3.05) is 19.0 Å². The maximum Gasteiger partial charge on any atom is 0.250 e. The van der Waals surface area contributed by atoms with E-state index in [1.807, 2.05) is 59.7 Å². The van der Waals surface area contributed by atoms with E-state index in [9.17, 15) is 19.5 Å². The third-order valence-corrected chi connectivity index (χ3v) is 8.49. The number of amides is 3. The van der Waals surface area contributed by atoms with Gasteiger partial charge in [-0.1, -0.05) is 32.9 Å². The number of ether oxygens (including phenoxy) is 1. The molecule has 1 aromatic rings. The number of aryl methyl sites for hydroxylation is 2. The highest BCUT2D eigenvalue weighted by Gasteiger charge is 2.80. The van der Waals surface area contributed by atoms with Gasteiger partial charge in [-0.3, -0.25) is 14.4 Å². The average Bonchev–Trinajstić information content (AvgIpc) is 3.28. The van der Waals surface area contributed by atoms with Gasteiger partial charge in [0.2, 0.25) is 17.7 Å². The van der Waals surface area contributed by atoms with Gasteiger partial charge in [-0.2, -0.15) is 0 Å². The van der Waals surface area contributed by atoms with Gasteiger partial charge in [0.1, 0.15) is 11.6 Å². The summed E-state index contributed by atoms with van der Waals surface area (Å²) in [4.78, 5) is 42.6. The molecule has 3 fully saturated rings. The first-order valence-corrected chi connectivity index (χ1v) is 12.2. The maximum atomic E-state index is 14.0. The number of carbonyl (C=O) groups excluding carboxylic acids is 3. The van der Waals surface area contributed by atoms with E-state index in [1.165, 1.54) is 4.90 Å². The number of aliphatic hydroxyl groups excluding tert-OH is 1. The van der Waals surface area contributed by atoms with Crippen LogP contribution in [-0.4, -0.2) is 64.7 Å². The molecule has 3 unspecified atom stereocenters. The summed E-state index contributed by atoms with van der Waals surface area (Å²) in [6.45, 7) is 11.3. The molecule has 1 aromatic carbocycles. The molecule has 4 rings (SSSR count). The first kappa shape index (κ1) is 24.7. The van der Waals surface area contributed by atoms with Gasteiger partial charge in [0.25, 0.3) is 0 Å². The molecule has 0 aliphatic carbocycles. The van der Waals surface area contributed by atoms with Crippen LogP contribution in [0.15, 0.2) is 18.2 Å². The zero-order valence-electron chi connectivity index (χ0n) is 21.1. The Hall–Kier alpha value is -2.45. The molecule has 3 amide bonds. The van der Waals surface area contributed by atoms with Crippen LogP contribution in [0.4, 0.5) is 5.69 Å². The zero-order chi connectivity index (χ0) is 25.2. The van der Waals surface area contributed by atoms with E-state index in [1.54, 1.807) is 7.05 Å². The molecule has 2 bridgehead atoms. The van der Waals surface area contributed by atoms with Crippen molar-refractivity contribution in [1.82, 2.24) is 10.2 Å². The summed E-state index contributed by atoms with van der Waals surface area (Å²) in [5.41, 5.74) is 0.609. The normalized spacial score (nSPS) is 35.0. The number of rotatable bonds is 6. The summed E-state index contributed by atoms with van der Waals surface area (Å²) in [6.07, 6.45) is 0.491. The predicted octanol–water partition coefficient (Wildman–Crippen LogP) is 2.02. The van der Waals surface area contributed by atoms with Crippen LogP contribution in [-0.2, 0) is 19.1 Å². The number of hydrogen-bond acceptors (Lipinski definition) is 5. The number of aliphatic hydroxyl groups is 1. The minimum Gasteiger partial charge on any atom is -0.394 e. The van der Waals surface area contributed by atoms with Crippen molar-refractivity contribution < 1.29 is 24.2 Å². The summed E-state index contributed by atoms with van der Waals surface area (Å²) in [7, 11) is 1.56. The predicted molar refractivity (Wildman–Crippen MR) is 128 cm³/mol. The highest BCUT2D eigenvalue weighted by atomic mass is 16.5. The molecule has 8 nitrogen and oxygen atoms in total. The largest absolute Gasteiger partial charge is 0.394 e. The summed E-state index contributed by atoms with van der Waals surface area (Å²) < 4.78 is 6.65. The van der Waals surface area contributed by atoms with Crippen molar-refractivity contribution in [3.63, 3.8) is 0 Å². The lowest BCUT2D eigenvalue weighted by atomic mass is 9.62. The van der Waals surface area contributed by atoms with E-state index in [-0.39, 0.29) is 36.2 Å². The number of likely N-dealkylation sites (tertiary alicyclic amines) is 1. The molecule has 3 saturated heterocycles. The molecule has 186 valence electrons. The lowest BCUT2D eigenvalue weighted by Crippen LogP contribution is -2.57. The average molecular weight is 472 g/mol. The number of nitrogens with one attached hydrogen (secondary N) is 2. The lowest BCUT2D eigenvalue weighted by Gasteiger charge is -2.38. The van der Waals surface area contributed by atoms with Crippen LogP contribution in [0.1, 0.15) is 45.2 Å². The summed E-state index contributed by atoms with van der Waals surface area (Å²) >= 11 is 0. The molecule has 3 aliphatic rings. The van der Waals surface area contributed by atoms with Crippen LogP contribution in [0.3, 0.4) is 0 Å². The molecule has 3 heterocycles. The molecule has 8 heteroatoms. The molecule has 3 aliphatic heterocycles. The van der Waals surface area contributed by atoms with E-state index in [0.29, 0.717) is 12.1 Å². The van der Waals surface area contributed by atoms with Crippen LogP contribution in [0.2, 0.25) is 0 Å². The van der Waals surface area contributed by atoms with Crippen LogP contribution in [0.5, 0.6) is 0 Å². The SMILES string of the molecule is CNC(=O)[C@H]1[C@H]2C(=O)N([C@@H](CO)C(C)C)C(C(=O)Nc3cc(C)ccc3C)C23CC(C)[C@]1(C)O3. The fourth-order valence-corrected chi connectivity index (χ4v) is 6.58. The fraction of sp³-hybridized carbons (Fsp3) is 0.654. The van der Waals surface area contributed by atoms with Gasteiger partial charge in [-0.05, 0) is 56.2 Å². The van der Waals surface area contributed by atoms with Gasteiger partial charge in [0.15, 0.2) is 0 Å². The monoisotopic (exact) mass is 471 g/mol. The topological polar surface area (TPSA) is 108 Å². The summed E-state index contributed by atoms with van der Waals surface area (Å²) in [6, 6.07) is 4.29. The van der Waals surface area contributed by atoms with Crippen molar-refractivity contribution in [1.29, 1.82) is 0 Å². The third kappa shape index (κ3) is 3.29. The van der Waals surface area contributed by atoms with E-state index in [0.717, 1.165) is 11.1 Å². The number of hydrogen-bond donors (Lipinski definition) is 3. The van der Waals surface area contributed by atoms with Crippen molar-refractivity contribution in [3.8, 4) is 0 Å². The van der Waals surface area contributed by atoms with Gasteiger partial charge in [-0.15, -0.1) is 0 Å². The Morgan fingerprint density at radius 2 is 1.94 bits per heavy atom. The molecule has 1 spiro atoms. The zero-order valence-corrected chi connectivity index (χ0v) is 21.1. The Labute approximate surface area is 201 Å². The van der Waals surface area contributed by atoms with E-state index in [4.69, 9.17) is 4.74 Å². The minimum atomic E-state index is -1.13. The molecule has 0 radical (unpaired) electrons. The van der Waals surface area contributed by atoms with Gasteiger partial charge in [-0.25, -0.2) is 0 Å². The van der Waals surface area contributed by atoms with Crippen molar-refractivity contribution in [2.24, 2.45) is 23.7 Å². The van der Waals surface area contributed by atoms with Crippen molar-refractivity contribution in [3.05, 3.63) is 29.3 Å². The Bertz CT molecular complexity index is 1030. The summed E-state index contributed by atoms with van der Waals surface area (Å²) in [5.74, 6) is -2.51. The Balaban J connectivity index is 1.84. The van der Waals surface area contributed by atoms with Crippen LogP contribution >= 0.6 is 0 Å². The van der Waals surface area contributed by atoms with Crippen LogP contribution in [0.25, 0.3) is 0 Å². The molecule has 3 N–H and O–H groups in total. The second-order valence-electron chi connectivity index (χ2n) is 10.9. The number of anilines is 1. The summed E-state index contributed by atoms with van der Waals surface area (Å²) in [5, 5.41) is 16.0. The highest BCUT2D eigenvalue weighted by Crippen LogP contribution is 2.65. The third-order valence-electron chi connectivity index (χ3n) is 8.49. The molecule has 7 atom stereocenters. The van der Waals surface area contributed by atoms with Gasteiger partial charge in [0.05, 0.1) is 30.1 Å². The Morgan fingerprint density at radius 1 is 1.26 bits per heavy atom. The first-order valence-electron chi connectivity index (χ1n) is 12.2. The van der Waals surface area contributed by atoms with E-state index >= 15 is 0 Å². The van der Waals surface area contributed by atoms with E-state index < -0.39 is 35.1 Å². The molecule has 0 saturated carbocycles. The lowest BCUT2D eigenvalue weighted by molar-refractivity contribution is -0.150. The first-order chi connectivity index (χ1) is 15.9. The maximum absolute atomic E-state index is 14.0. The van der Waals surface area contributed by atoms with Gasteiger partial charge in [0, 0.05) is 12.7 Å². The second-order valence-corrected chi connectivity index (χ2v) is 10.9. The number of nitrogens with zero attached hydrogens (tertiary/aromatic N) is 1. The van der Waals surface area contributed by atoms with Gasteiger partial charge < -0.3 is 25.4 Å². The van der Waals surface area contributed by atoms with Gasteiger partial charge >= 0.3 is 0 Å². The quantitative estimate of drug-likeness (QED) is 0.588. The smallest absolute Gasteiger partial charge is 0.250 e. The standard InChI is InChI=1S/C26H37N3O5/c1-13(2)18(12-30)29-21(23(32)28-17-10-14(3)8-9-15(17)4)26-11-16(5)25(6,34-26)19(22(31)27-7)20(26)24(29)33/h8-10,13,16,18-21,30H,11-12H2,1-7H3,(H,27,31)(H,28,32)/t16?,18-,19+,20-,21?,25-,26?/m0/s1. The molecule has 0 aromatic heterocycles. The minimum absolute atomic E-state index is 0.0265.